The molecule has 1 aliphatic rings. The minimum atomic E-state index is 0.227. The van der Waals surface area contributed by atoms with Gasteiger partial charge in [0, 0.05) is 11.8 Å². The van der Waals surface area contributed by atoms with Gasteiger partial charge >= 0.3 is 0 Å². The van der Waals surface area contributed by atoms with Crippen LogP contribution in [0, 0.1) is 0 Å². The van der Waals surface area contributed by atoms with Crippen molar-refractivity contribution in [2.75, 3.05) is 19.5 Å². The number of anilines is 1. The van der Waals surface area contributed by atoms with E-state index in [1.165, 1.54) is 11.1 Å². The van der Waals surface area contributed by atoms with E-state index in [1.807, 2.05) is 30.3 Å². The summed E-state index contributed by atoms with van der Waals surface area (Å²) in [6.45, 7) is 0. The third-order valence-corrected chi connectivity index (χ3v) is 4.52. The molecule has 0 unspecified atom stereocenters. The molecule has 4 nitrogen and oxygen atoms in total. The number of thiocarbonyl (C=S) groups is 1. The lowest BCUT2D eigenvalue weighted by Crippen LogP contribution is -2.34. The van der Waals surface area contributed by atoms with Crippen LogP contribution in [0.5, 0.6) is 11.5 Å². The van der Waals surface area contributed by atoms with Gasteiger partial charge in [-0.2, -0.15) is 0 Å². The Bertz CT molecular complexity index is 733. The smallest absolute Gasteiger partial charge is 0.171 e. The number of ether oxygens (including phenoxy) is 2. The van der Waals surface area contributed by atoms with E-state index in [4.69, 9.17) is 21.7 Å². The molecule has 126 valence electrons. The van der Waals surface area contributed by atoms with Crippen molar-refractivity contribution >= 4 is 23.0 Å². The standard InChI is InChI=1S/C19H22N2O2S/c1-22-15-7-4-6-14(12-15)20-19(24)21-18-8-3-5-13-11-16(23-2)9-10-17(13)18/h4,6-7,9-12,18H,3,5,8H2,1-2H3,(H2,20,21,24)/t18-/m1/s1. The molecule has 0 saturated carbocycles. The van der Waals surface area contributed by atoms with Crippen molar-refractivity contribution in [3.8, 4) is 11.5 Å². The van der Waals surface area contributed by atoms with Crippen LogP contribution in [0.15, 0.2) is 42.5 Å². The predicted molar refractivity (Wildman–Crippen MR) is 101 cm³/mol. The summed E-state index contributed by atoms with van der Waals surface area (Å²) in [5.41, 5.74) is 3.55. The average molecular weight is 342 g/mol. The van der Waals surface area contributed by atoms with E-state index >= 15 is 0 Å². The van der Waals surface area contributed by atoms with Crippen molar-refractivity contribution in [3.63, 3.8) is 0 Å². The topological polar surface area (TPSA) is 42.5 Å². The lowest BCUT2D eigenvalue weighted by molar-refractivity contribution is 0.412. The first kappa shape index (κ1) is 16.6. The van der Waals surface area contributed by atoms with Gasteiger partial charge in [0.05, 0.1) is 20.3 Å². The van der Waals surface area contributed by atoms with E-state index < -0.39 is 0 Å². The van der Waals surface area contributed by atoms with Crippen LogP contribution < -0.4 is 20.1 Å². The Morgan fingerprint density at radius 3 is 2.67 bits per heavy atom. The molecule has 0 aliphatic heterocycles. The molecular formula is C19H22N2O2S. The molecule has 0 amide bonds. The van der Waals surface area contributed by atoms with E-state index in [0.29, 0.717) is 5.11 Å². The molecule has 2 aromatic rings. The summed E-state index contributed by atoms with van der Waals surface area (Å²) in [7, 11) is 3.36. The molecule has 1 atom stereocenters. The largest absolute Gasteiger partial charge is 0.497 e. The zero-order valence-electron chi connectivity index (χ0n) is 14.0. The van der Waals surface area contributed by atoms with Crippen molar-refractivity contribution in [3.05, 3.63) is 53.6 Å². The minimum absolute atomic E-state index is 0.227. The second-order valence-corrected chi connectivity index (χ2v) is 6.25. The Kier molecular flexibility index (Phi) is 5.20. The monoisotopic (exact) mass is 342 g/mol. The zero-order valence-corrected chi connectivity index (χ0v) is 14.8. The van der Waals surface area contributed by atoms with E-state index in [2.05, 4.69) is 22.8 Å². The Balaban J connectivity index is 1.69. The van der Waals surface area contributed by atoms with Gasteiger partial charge in [0.2, 0.25) is 0 Å². The van der Waals surface area contributed by atoms with Gasteiger partial charge in [0.1, 0.15) is 11.5 Å². The first-order valence-electron chi connectivity index (χ1n) is 8.08. The molecule has 24 heavy (non-hydrogen) atoms. The first-order valence-corrected chi connectivity index (χ1v) is 8.49. The van der Waals surface area contributed by atoms with Gasteiger partial charge < -0.3 is 20.1 Å². The van der Waals surface area contributed by atoms with Crippen molar-refractivity contribution in [1.82, 2.24) is 5.32 Å². The van der Waals surface area contributed by atoms with Crippen LogP contribution in [0.25, 0.3) is 0 Å². The van der Waals surface area contributed by atoms with Crippen LogP contribution in [0.3, 0.4) is 0 Å². The number of fused-ring (bicyclic) bond motifs is 1. The van der Waals surface area contributed by atoms with Crippen LogP contribution >= 0.6 is 12.2 Å². The number of hydrogen-bond acceptors (Lipinski definition) is 3. The fraction of sp³-hybridized carbons (Fsp3) is 0.316. The highest BCUT2D eigenvalue weighted by molar-refractivity contribution is 7.80. The van der Waals surface area contributed by atoms with Crippen LogP contribution in [0.2, 0.25) is 0 Å². The third-order valence-electron chi connectivity index (χ3n) is 4.30. The Morgan fingerprint density at radius 1 is 1.08 bits per heavy atom. The van der Waals surface area contributed by atoms with Crippen molar-refractivity contribution in [1.29, 1.82) is 0 Å². The highest BCUT2D eigenvalue weighted by atomic mass is 32.1. The molecule has 5 heteroatoms. The van der Waals surface area contributed by atoms with E-state index in [1.54, 1.807) is 14.2 Å². The van der Waals surface area contributed by atoms with Gasteiger partial charge in [0.15, 0.2) is 5.11 Å². The summed E-state index contributed by atoms with van der Waals surface area (Å²) < 4.78 is 10.6. The normalized spacial score (nSPS) is 16.0. The van der Waals surface area contributed by atoms with Crippen LogP contribution in [-0.4, -0.2) is 19.3 Å². The number of benzene rings is 2. The molecular weight excluding hydrogens is 320 g/mol. The highest BCUT2D eigenvalue weighted by Gasteiger charge is 2.21. The SMILES string of the molecule is COc1cccc(NC(=S)N[C@@H]2CCCc3cc(OC)ccc32)c1. The van der Waals surface area contributed by atoms with Crippen LogP contribution in [0.1, 0.15) is 30.0 Å². The molecule has 0 aromatic heterocycles. The number of aryl methyl sites for hydroxylation is 1. The second-order valence-electron chi connectivity index (χ2n) is 5.84. The van der Waals surface area contributed by atoms with Gasteiger partial charge in [-0.1, -0.05) is 12.1 Å². The maximum atomic E-state index is 5.49. The molecule has 1 aliphatic carbocycles. The minimum Gasteiger partial charge on any atom is -0.497 e. The van der Waals surface area contributed by atoms with Gasteiger partial charge in [-0.3, -0.25) is 0 Å². The Labute approximate surface area is 148 Å². The fourth-order valence-corrected chi connectivity index (χ4v) is 3.35. The molecule has 0 spiro atoms. The van der Waals surface area contributed by atoms with Gasteiger partial charge in [-0.05, 0) is 66.9 Å². The summed E-state index contributed by atoms with van der Waals surface area (Å²) in [6, 6.07) is 14.2. The lowest BCUT2D eigenvalue weighted by Gasteiger charge is -2.28. The number of rotatable bonds is 4. The first-order chi connectivity index (χ1) is 11.7. The third kappa shape index (κ3) is 3.79. The quantitative estimate of drug-likeness (QED) is 0.820. The van der Waals surface area contributed by atoms with E-state index in [9.17, 15) is 0 Å². The van der Waals surface area contributed by atoms with Gasteiger partial charge in [-0.25, -0.2) is 0 Å². The number of methoxy groups -OCH3 is 2. The zero-order chi connectivity index (χ0) is 16.9. The van der Waals surface area contributed by atoms with Gasteiger partial charge in [0.25, 0.3) is 0 Å². The molecule has 0 fully saturated rings. The molecule has 3 rings (SSSR count). The molecule has 2 aromatic carbocycles. The van der Waals surface area contributed by atoms with Crippen LogP contribution in [-0.2, 0) is 6.42 Å². The summed E-state index contributed by atoms with van der Waals surface area (Å²) >= 11 is 5.49. The lowest BCUT2D eigenvalue weighted by atomic mass is 9.87. The average Bonchev–Trinajstić information content (AvgIpc) is 2.61. The summed E-state index contributed by atoms with van der Waals surface area (Å²) in [5.74, 6) is 1.71. The molecule has 0 radical (unpaired) electrons. The summed E-state index contributed by atoms with van der Waals surface area (Å²) in [5, 5.41) is 7.29. The highest BCUT2D eigenvalue weighted by Crippen LogP contribution is 2.32. The molecule has 0 saturated heterocycles. The van der Waals surface area contributed by atoms with E-state index in [0.717, 1.165) is 36.4 Å². The molecule has 0 bridgehead atoms. The van der Waals surface area contributed by atoms with Crippen molar-refractivity contribution < 1.29 is 9.47 Å². The second kappa shape index (κ2) is 7.53. The summed E-state index contributed by atoms with van der Waals surface area (Å²) in [4.78, 5) is 0. The number of hydrogen-bond donors (Lipinski definition) is 2. The maximum absolute atomic E-state index is 5.49. The van der Waals surface area contributed by atoms with E-state index in [-0.39, 0.29) is 6.04 Å². The Morgan fingerprint density at radius 2 is 1.88 bits per heavy atom. The van der Waals surface area contributed by atoms with Crippen LogP contribution in [0.4, 0.5) is 5.69 Å². The summed E-state index contributed by atoms with van der Waals surface area (Å²) in [6.07, 6.45) is 3.29. The number of nitrogens with one attached hydrogen (secondary N) is 2. The molecule has 2 N–H and O–H groups in total. The van der Waals surface area contributed by atoms with Gasteiger partial charge in [-0.15, -0.1) is 0 Å². The Hall–Kier alpha value is -2.27. The predicted octanol–water partition coefficient (Wildman–Crippen LogP) is 4.07. The van der Waals surface area contributed by atoms with Crippen molar-refractivity contribution in [2.24, 2.45) is 0 Å². The molecule has 0 heterocycles. The maximum Gasteiger partial charge on any atom is 0.171 e. The fourth-order valence-electron chi connectivity index (χ4n) is 3.09. The van der Waals surface area contributed by atoms with Crippen molar-refractivity contribution in [2.45, 2.75) is 25.3 Å².